The van der Waals surface area contributed by atoms with Gasteiger partial charge in [-0.05, 0) is 43.7 Å². The molecule has 0 bridgehead atoms. The highest BCUT2D eigenvalue weighted by atomic mass is 32.1. The quantitative estimate of drug-likeness (QED) is 0.460. The van der Waals surface area contributed by atoms with Crippen LogP contribution in [-0.2, 0) is 12.8 Å². The van der Waals surface area contributed by atoms with E-state index in [-0.39, 0.29) is 0 Å². The molecule has 2 nitrogen and oxygen atoms in total. The molecule has 1 aliphatic carbocycles. The first-order valence-corrected chi connectivity index (χ1v) is 7.74. The molecule has 3 heteroatoms. The fraction of sp³-hybridized carbons (Fsp3) is 0.714. The maximum atomic E-state index is 5.70. The van der Waals surface area contributed by atoms with Crippen molar-refractivity contribution < 1.29 is 0 Å². The zero-order valence-corrected chi connectivity index (χ0v) is 11.6. The average molecular weight is 252 g/mol. The third kappa shape index (κ3) is 3.30. The number of rotatable bonds is 6. The number of fused-ring (bicyclic) bond motifs is 1. The van der Waals surface area contributed by atoms with E-state index in [1.165, 1.54) is 56.2 Å². The molecular formula is C14H24N2S. The second-order valence-electron chi connectivity index (χ2n) is 5.02. The van der Waals surface area contributed by atoms with E-state index in [2.05, 4.69) is 18.4 Å². The Bertz CT molecular complexity index is 322. The first kappa shape index (κ1) is 13.1. The lowest BCUT2D eigenvalue weighted by atomic mass is 9.98. The topological polar surface area (TPSA) is 38.0 Å². The van der Waals surface area contributed by atoms with E-state index in [9.17, 15) is 0 Å². The number of hydrogen-bond donors (Lipinski definition) is 2. The van der Waals surface area contributed by atoms with Crippen LogP contribution < -0.4 is 11.3 Å². The third-order valence-electron chi connectivity index (χ3n) is 3.66. The molecule has 1 unspecified atom stereocenters. The number of aryl methyl sites for hydroxylation is 2. The van der Waals surface area contributed by atoms with E-state index in [0.29, 0.717) is 6.04 Å². The van der Waals surface area contributed by atoms with Crippen molar-refractivity contribution in [3.8, 4) is 0 Å². The van der Waals surface area contributed by atoms with Crippen LogP contribution in [-0.4, -0.2) is 0 Å². The summed E-state index contributed by atoms with van der Waals surface area (Å²) in [7, 11) is 0. The molecule has 3 N–H and O–H groups in total. The van der Waals surface area contributed by atoms with Crippen molar-refractivity contribution in [2.75, 3.05) is 0 Å². The maximum Gasteiger partial charge on any atom is 0.0553 e. The summed E-state index contributed by atoms with van der Waals surface area (Å²) in [6.07, 6.45) is 10.3. The molecule has 1 aromatic rings. The molecule has 0 spiro atoms. The zero-order valence-electron chi connectivity index (χ0n) is 10.8. The van der Waals surface area contributed by atoms with Gasteiger partial charge in [-0.1, -0.05) is 26.2 Å². The Labute approximate surface area is 109 Å². The first-order chi connectivity index (χ1) is 8.35. The van der Waals surface area contributed by atoms with Crippen LogP contribution in [0.4, 0.5) is 0 Å². The Morgan fingerprint density at radius 2 is 2.18 bits per heavy atom. The summed E-state index contributed by atoms with van der Waals surface area (Å²) in [5.41, 5.74) is 4.59. The summed E-state index contributed by atoms with van der Waals surface area (Å²) in [6.45, 7) is 2.24. The van der Waals surface area contributed by atoms with E-state index in [1.54, 1.807) is 10.4 Å². The molecule has 0 amide bonds. The van der Waals surface area contributed by atoms with Gasteiger partial charge in [-0.15, -0.1) is 11.3 Å². The van der Waals surface area contributed by atoms with Gasteiger partial charge < -0.3 is 0 Å². The molecule has 0 saturated carbocycles. The van der Waals surface area contributed by atoms with Crippen LogP contribution >= 0.6 is 11.3 Å². The van der Waals surface area contributed by atoms with Gasteiger partial charge in [-0.25, -0.2) is 0 Å². The van der Waals surface area contributed by atoms with E-state index in [1.807, 2.05) is 11.3 Å². The van der Waals surface area contributed by atoms with Crippen molar-refractivity contribution in [3.63, 3.8) is 0 Å². The smallest absolute Gasteiger partial charge is 0.0553 e. The molecule has 1 aliphatic rings. The van der Waals surface area contributed by atoms with Gasteiger partial charge in [0, 0.05) is 9.75 Å². The van der Waals surface area contributed by atoms with Crippen molar-refractivity contribution in [1.82, 2.24) is 5.43 Å². The highest BCUT2D eigenvalue weighted by Crippen LogP contribution is 2.34. The molecule has 2 rings (SSSR count). The summed E-state index contributed by atoms with van der Waals surface area (Å²) < 4.78 is 0. The van der Waals surface area contributed by atoms with Crippen molar-refractivity contribution in [1.29, 1.82) is 0 Å². The number of hydrazine groups is 1. The zero-order chi connectivity index (χ0) is 12.1. The van der Waals surface area contributed by atoms with Crippen LogP contribution in [0.3, 0.4) is 0 Å². The predicted octanol–water partition coefficient (Wildman–Crippen LogP) is 3.71. The van der Waals surface area contributed by atoms with Crippen molar-refractivity contribution in [2.45, 2.75) is 64.3 Å². The van der Waals surface area contributed by atoms with Gasteiger partial charge in [0.05, 0.1) is 6.04 Å². The van der Waals surface area contributed by atoms with Crippen LogP contribution in [0.5, 0.6) is 0 Å². The number of thiophene rings is 1. The van der Waals surface area contributed by atoms with Crippen LogP contribution in [0.2, 0.25) is 0 Å². The van der Waals surface area contributed by atoms with Crippen LogP contribution in [0.15, 0.2) is 6.07 Å². The lowest BCUT2D eigenvalue weighted by molar-refractivity contribution is 0.493. The average Bonchev–Trinajstić information content (AvgIpc) is 2.78. The summed E-state index contributed by atoms with van der Waals surface area (Å²) in [6, 6.07) is 2.77. The lowest BCUT2D eigenvalue weighted by Gasteiger charge is -2.13. The van der Waals surface area contributed by atoms with Gasteiger partial charge >= 0.3 is 0 Å². The fourth-order valence-corrected chi connectivity index (χ4v) is 3.94. The Balaban J connectivity index is 2.00. The summed E-state index contributed by atoms with van der Waals surface area (Å²) in [5.74, 6) is 5.70. The summed E-state index contributed by atoms with van der Waals surface area (Å²) in [5, 5.41) is 0. The highest BCUT2D eigenvalue weighted by molar-refractivity contribution is 7.12. The molecule has 0 aliphatic heterocycles. The maximum absolute atomic E-state index is 5.70. The molecule has 1 aromatic heterocycles. The molecule has 1 heterocycles. The van der Waals surface area contributed by atoms with Gasteiger partial charge in [0.15, 0.2) is 0 Å². The number of hydrogen-bond acceptors (Lipinski definition) is 3. The van der Waals surface area contributed by atoms with E-state index >= 15 is 0 Å². The van der Waals surface area contributed by atoms with Crippen molar-refractivity contribution >= 4 is 11.3 Å². The van der Waals surface area contributed by atoms with Gasteiger partial charge in [0.1, 0.15) is 0 Å². The highest BCUT2D eigenvalue weighted by Gasteiger charge is 2.18. The number of unbranched alkanes of at least 4 members (excludes halogenated alkanes) is 2. The minimum Gasteiger partial charge on any atom is -0.271 e. The Morgan fingerprint density at radius 1 is 1.35 bits per heavy atom. The molecule has 0 aromatic carbocycles. The van der Waals surface area contributed by atoms with Gasteiger partial charge in [0.2, 0.25) is 0 Å². The molecule has 96 valence electrons. The van der Waals surface area contributed by atoms with Gasteiger partial charge in [0.25, 0.3) is 0 Å². The largest absolute Gasteiger partial charge is 0.271 e. The monoisotopic (exact) mass is 252 g/mol. The third-order valence-corrected chi connectivity index (χ3v) is 5.01. The standard InChI is InChI=1S/C14H24N2S/c1-2-3-4-8-12(16-15)14-10-11-7-5-6-9-13(11)17-14/h10,12,16H,2-9,15H2,1H3. The number of nitrogens with one attached hydrogen (secondary N) is 1. The van der Waals surface area contributed by atoms with E-state index in [0.717, 1.165) is 0 Å². The molecule has 0 saturated heterocycles. The molecular weight excluding hydrogens is 228 g/mol. The molecule has 0 fully saturated rings. The molecule has 0 radical (unpaired) electrons. The second-order valence-corrected chi connectivity index (χ2v) is 6.19. The first-order valence-electron chi connectivity index (χ1n) is 6.92. The van der Waals surface area contributed by atoms with Crippen LogP contribution in [0.25, 0.3) is 0 Å². The van der Waals surface area contributed by atoms with Gasteiger partial charge in [-0.3, -0.25) is 11.3 Å². The van der Waals surface area contributed by atoms with Gasteiger partial charge in [-0.2, -0.15) is 0 Å². The summed E-state index contributed by atoms with van der Waals surface area (Å²) >= 11 is 1.98. The van der Waals surface area contributed by atoms with Crippen molar-refractivity contribution in [2.24, 2.45) is 5.84 Å². The van der Waals surface area contributed by atoms with E-state index in [4.69, 9.17) is 5.84 Å². The minimum atomic E-state index is 0.372. The van der Waals surface area contributed by atoms with E-state index < -0.39 is 0 Å². The predicted molar refractivity (Wildman–Crippen MR) is 75.2 cm³/mol. The molecule has 17 heavy (non-hydrogen) atoms. The number of nitrogens with two attached hydrogens (primary N) is 1. The minimum absolute atomic E-state index is 0.372. The Hall–Kier alpha value is -0.380. The SMILES string of the molecule is CCCCCC(NN)c1cc2c(s1)CCCC2. The molecule has 1 atom stereocenters. The van der Waals surface area contributed by atoms with Crippen LogP contribution in [0, 0.1) is 0 Å². The van der Waals surface area contributed by atoms with Crippen molar-refractivity contribution in [3.05, 3.63) is 21.4 Å². The normalized spacial score (nSPS) is 16.8. The lowest BCUT2D eigenvalue weighted by Crippen LogP contribution is -2.27. The second kappa shape index (κ2) is 6.53. The van der Waals surface area contributed by atoms with Crippen LogP contribution in [0.1, 0.15) is 66.8 Å². The fourth-order valence-electron chi connectivity index (χ4n) is 2.59. The Morgan fingerprint density at radius 3 is 2.88 bits per heavy atom. The Kier molecular flexibility index (Phi) is 5.01. The summed E-state index contributed by atoms with van der Waals surface area (Å²) in [4.78, 5) is 3.07.